The molecule has 1 aromatic rings. The van der Waals surface area contributed by atoms with E-state index in [1.807, 2.05) is 0 Å². The van der Waals surface area contributed by atoms with Crippen molar-refractivity contribution in [1.82, 2.24) is 0 Å². The van der Waals surface area contributed by atoms with Crippen LogP contribution in [0.25, 0.3) is 0 Å². The van der Waals surface area contributed by atoms with E-state index in [-0.39, 0.29) is 16.7 Å². The zero-order chi connectivity index (χ0) is 13.6. The maximum absolute atomic E-state index is 11.1. The van der Waals surface area contributed by atoms with Gasteiger partial charge in [0.2, 0.25) is 0 Å². The lowest BCUT2D eigenvalue weighted by Crippen LogP contribution is -2.11. The Morgan fingerprint density at radius 2 is 1.12 bits per heavy atom. The fourth-order valence-corrected chi connectivity index (χ4v) is 3.75. The molecule has 0 amide bonds. The molecule has 0 atom stereocenters. The van der Waals surface area contributed by atoms with Crippen molar-refractivity contribution >= 4 is 20.2 Å². The van der Waals surface area contributed by atoms with Crippen LogP contribution in [0, 0.1) is 26.8 Å². The standard InChI is InChI=1S/C9H11O6S2/c1-5-4-6(2)9(17(13,14)15)7(3)8(5)16(10,11)12/h1-3H3,(H,10,11,12)(H,13,14,15). The van der Waals surface area contributed by atoms with Gasteiger partial charge in [0.05, 0.1) is 0 Å². The molecule has 0 aliphatic rings. The largest absolute Gasteiger partial charge is 0.295 e. The minimum absolute atomic E-state index is 0.0925. The summed E-state index contributed by atoms with van der Waals surface area (Å²) in [5.41, 5.74) is -0.0337. The summed E-state index contributed by atoms with van der Waals surface area (Å²) in [4.78, 5) is -1.09. The van der Waals surface area contributed by atoms with E-state index in [9.17, 15) is 16.8 Å². The summed E-state index contributed by atoms with van der Waals surface area (Å²) in [5, 5.41) is 0. The summed E-state index contributed by atoms with van der Waals surface area (Å²) in [5.74, 6) is 0. The van der Waals surface area contributed by atoms with E-state index < -0.39 is 30.0 Å². The van der Waals surface area contributed by atoms with Gasteiger partial charge < -0.3 is 0 Å². The van der Waals surface area contributed by atoms with E-state index in [1.165, 1.54) is 20.8 Å². The van der Waals surface area contributed by atoms with Crippen LogP contribution in [0.3, 0.4) is 0 Å². The van der Waals surface area contributed by atoms with Gasteiger partial charge in [-0.2, -0.15) is 16.8 Å². The third-order valence-corrected chi connectivity index (χ3v) is 4.51. The Bertz CT molecular complexity index is 614. The third-order valence-electron chi connectivity index (χ3n) is 2.25. The van der Waals surface area contributed by atoms with Crippen molar-refractivity contribution in [2.24, 2.45) is 0 Å². The van der Waals surface area contributed by atoms with Gasteiger partial charge in [-0.25, -0.2) is 0 Å². The maximum Gasteiger partial charge on any atom is 0.295 e. The van der Waals surface area contributed by atoms with Crippen LogP contribution in [0.1, 0.15) is 16.7 Å². The first-order valence-corrected chi connectivity index (χ1v) is 7.32. The lowest BCUT2D eigenvalue weighted by molar-refractivity contribution is 0.478. The van der Waals surface area contributed by atoms with E-state index in [1.54, 1.807) is 0 Å². The van der Waals surface area contributed by atoms with Gasteiger partial charge >= 0.3 is 0 Å². The van der Waals surface area contributed by atoms with Crippen LogP contribution in [-0.4, -0.2) is 25.9 Å². The van der Waals surface area contributed by atoms with Crippen molar-refractivity contribution in [3.8, 4) is 0 Å². The lowest BCUT2D eigenvalue weighted by Gasteiger charge is -2.12. The number of rotatable bonds is 2. The van der Waals surface area contributed by atoms with E-state index in [2.05, 4.69) is 6.07 Å². The predicted octanol–water partition coefficient (Wildman–Crippen LogP) is 0.905. The Morgan fingerprint density at radius 1 is 0.824 bits per heavy atom. The number of hydrogen-bond donors (Lipinski definition) is 2. The summed E-state index contributed by atoms with van der Waals surface area (Å²) in [6.07, 6.45) is 0. The molecule has 8 heteroatoms. The number of hydrogen-bond acceptors (Lipinski definition) is 4. The van der Waals surface area contributed by atoms with Crippen molar-refractivity contribution in [1.29, 1.82) is 0 Å². The summed E-state index contributed by atoms with van der Waals surface area (Å²) in [7, 11) is -9.14. The quantitative estimate of drug-likeness (QED) is 0.779. The first kappa shape index (κ1) is 14.1. The van der Waals surface area contributed by atoms with Gasteiger partial charge in [-0.05, 0) is 43.5 Å². The second-order valence-electron chi connectivity index (χ2n) is 3.61. The second-order valence-corrected chi connectivity index (χ2v) is 6.33. The van der Waals surface area contributed by atoms with E-state index in [0.717, 1.165) is 0 Å². The molecule has 1 radical (unpaired) electrons. The average molecular weight is 279 g/mol. The molecule has 95 valence electrons. The van der Waals surface area contributed by atoms with Gasteiger partial charge in [0.25, 0.3) is 20.2 Å². The van der Waals surface area contributed by atoms with Crippen LogP contribution in [0.4, 0.5) is 0 Å². The van der Waals surface area contributed by atoms with Crippen molar-refractivity contribution < 1.29 is 25.9 Å². The lowest BCUT2D eigenvalue weighted by atomic mass is 10.1. The Kier molecular flexibility index (Phi) is 3.36. The van der Waals surface area contributed by atoms with Crippen molar-refractivity contribution in [3.63, 3.8) is 0 Å². The Morgan fingerprint density at radius 3 is 1.35 bits per heavy atom. The van der Waals surface area contributed by atoms with Gasteiger partial charge in [0, 0.05) is 0 Å². The molecule has 0 aliphatic heterocycles. The van der Waals surface area contributed by atoms with Crippen LogP contribution in [0.5, 0.6) is 0 Å². The molecule has 0 saturated carbocycles. The van der Waals surface area contributed by atoms with Gasteiger partial charge in [-0.15, -0.1) is 0 Å². The zero-order valence-electron chi connectivity index (χ0n) is 9.34. The van der Waals surface area contributed by atoms with Gasteiger partial charge in [0.1, 0.15) is 9.79 Å². The summed E-state index contributed by atoms with van der Waals surface area (Å²) >= 11 is 0. The summed E-state index contributed by atoms with van der Waals surface area (Å²) in [6, 6.07) is 2.48. The molecule has 6 nitrogen and oxygen atoms in total. The third kappa shape index (κ3) is 2.65. The molecule has 0 unspecified atom stereocenters. The Hall–Kier alpha value is -0.960. The maximum atomic E-state index is 11.1. The minimum atomic E-state index is -4.57. The Balaban J connectivity index is 3.93. The molecular weight excluding hydrogens is 268 g/mol. The van der Waals surface area contributed by atoms with Crippen LogP contribution < -0.4 is 0 Å². The second kappa shape index (κ2) is 4.05. The van der Waals surface area contributed by atoms with Gasteiger partial charge in [-0.3, -0.25) is 9.11 Å². The average Bonchev–Trinajstić information content (AvgIpc) is 1.94. The Labute approximate surface area is 99.8 Å². The molecule has 17 heavy (non-hydrogen) atoms. The van der Waals surface area contributed by atoms with E-state index in [0.29, 0.717) is 0 Å². The fourth-order valence-electron chi connectivity index (χ4n) is 1.83. The molecular formula is C9H11O6S2. The van der Waals surface area contributed by atoms with Crippen LogP contribution in [0.2, 0.25) is 0 Å². The molecule has 0 aromatic heterocycles. The van der Waals surface area contributed by atoms with Gasteiger partial charge in [-0.1, -0.05) is 0 Å². The molecule has 0 aliphatic carbocycles. The fraction of sp³-hybridized carbons (Fsp3) is 0.333. The van der Waals surface area contributed by atoms with Gasteiger partial charge in [0.15, 0.2) is 0 Å². The molecule has 0 spiro atoms. The molecule has 0 bridgehead atoms. The normalized spacial score (nSPS) is 12.8. The van der Waals surface area contributed by atoms with Crippen molar-refractivity contribution in [3.05, 3.63) is 22.8 Å². The van der Waals surface area contributed by atoms with E-state index >= 15 is 0 Å². The van der Waals surface area contributed by atoms with Crippen LogP contribution in [-0.2, 0) is 20.2 Å². The van der Waals surface area contributed by atoms with E-state index in [4.69, 9.17) is 9.11 Å². The first-order chi connectivity index (χ1) is 7.46. The molecule has 0 fully saturated rings. The van der Waals surface area contributed by atoms with Crippen LogP contribution >= 0.6 is 0 Å². The molecule has 1 rings (SSSR count). The smallest absolute Gasteiger partial charge is 0.282 e. The number of aryl methyl sites for hydroxylation is 2. The van der Waals surface area contributed by atoms with Crippen LogP contribution in [0.15, 0.2) is 9.79 Å². The highest BCUT2D eigenvalue weighted by Gasteiger charge is 2.26. The van der Waals surface area contributed by atoms with Crippen molar-refractivity contribution in [2.75, 3.05) is 0 Å². The van der Waals surface area contributed by atoms with Crippen molar-refractivity contribution in [2.45, 2.75) is 30.6 Å². The summed E-state index contributed by atoms with van der Waals surface area (Å²) in [6.45, 7) is 3.94. The molecule has 0 heterocycles. The first-order valence-electron chi connectivity index (χ1n) is 4.44. The zero-order valence-corrected chi connectivity index (χ0v) is 11.0. The number of benzene rings is 1. The highest BCUT2D eigenvalue weighted by molar-refractivity contribution is 7.86. The topological polar surface area (TPSA) is 109 Å². The highest BCUT2D eigenvalue weighted by Crippen LogP contribution is 2.28. The minimum Gasteiger partial charge on any atom is -0.282 e. The highest BCUT2D eigenvalue weighted by atomic mass is 32.2. The molecule has 2 N–H and O–H groups in total. The molecule has 1 aromatic carbocycles. The molecule has 0 saturated heterocycles. The summed E-state index contributed by atoms with van der Waals surface area (Å²) < 4.78 is 62.5. The monoisotopic (exact) mass is 279 g/mol. The SMILES string of the molecule is Cc1[c]c(C)c(S(=O)(=O)O)c(C)c1S(=O)(=O)O. The predicted molar refractivity (Wildman–Crippen MR) is 59.1 cm³/mol.